The highest BCUT2D eigenvalue weighted by Crippen LogP contribution is 2.37. The molecule has 0 saturated carbocycles. The molecule has 0 saturated heterocycles. The molecule has 0 radical (unpaired) electrons. The molecule has 0 fully saturated rings. The second kappa shape index (κ2) is 6.85. The third kappa shape index (κ3) is 3.34. The topological polar surface area (TPSA) is 65.7 Å². The quantitative estimate of drug-likeness (QED) is 0.365. The van der Waals surface area contributed by atoms with Crippen LogP contribution in [0, 0.1) is 20.8 Å². The van der Waals surface area contributed by atoms with E-state index in [0.717, 1.165) is 11.3 Å². The molecule has 5 nitrogen and oxygen atoms in total. The Bertz CT molecular complexity index is 1130. The summed E-state index contributed by atoms with van der Waals surface area (Å²) in [7, 11) is 0. The van der Waals surface area contributed by atoms with Crippen molar-refractivity contribution in [3.63, 3.8) is 0 Å². The van der Waals surface area contributed by atoms with E-state index in [-0.39, 0.29) is 11.5 Å². The fraction of sp³-hybridized carbons (Fsp3) is 0.130. The maximum absolute atomic E-state index is 12.7. The van der Waals surface area contributed by atoms with Gasteiger partial charge in [0.15, 0.2) is 5.76 Å². The number of hydrogen-bond donors (Lipinski definition) is 0. The van der Waals surface area contributed by atoms with Crippen LogP contribution in [0.4, 0.5) is 0 Å². The Balaban J connectivity index is 1.61. The van der Waals surface area contributed by atoms with Crippen LogP contribution >= 0.6 is 0 Å². The summed E-state index contributed by atoms with van der Waals surface area (Å²) in [6.45, 7) is 5.52. The zero-order valence-electron chi connectivity index (χ0n) is 15.7. The molecule has 1 aliphatic rings. The van der Waals surface area contributed by atoms with Crippen LogP contribution < -0.4 is 9.47 Å². The number of carbonyl (C=O) groups excluding carboxylic acids is 2. The molecule has 0 aliphatic carbocycles. The predicted octanol–water partition coefficient (Wildman–Crippen LogP) is 5.04. The summed E-state index contributed by atoms with van der Waals surface area (Å²) in [6.07, 6.45) is 1.56. The molecule has 4 rings (SSSR count). The Morgan fingerprint density at radius 1 is 1.04 bits per heavy atom. The van der Waals surface area contributed by atoms with Crippen LogP contribution in [0.25, 0.3) is 6.08 Å². The molecule has 5 heteroatoms. The molecular formula is C23H18O5. The zero-order valence-corrected chi connectivity index (χ0v) is 15.7. The fourth-order valence-corrected chi connectivity index (χ4v) is 3.13. The fourth-order valence-electron chi connectivity index (χ4n) is 3.13. The molecule has 2 aromatic carbocycles. The van der Waals surface area contributed by atoms with Gasteiger partial charge in [-0.15, -0.1) is 0 Å². The minimum absolute atomic E-state index is 0.176. The molecule has 2 heterocycles. The molecule has 0 bridgehead atoms. The van der Waals surface area contributed by atoms with E-state index in [1.54, 1.807) is 49.4 Å². The van der Waals surface area contributed by atoms with Crippen LogP contribution in [0.15, 0.2) is 58.7 Å². The van der Waals surface area contributed by atoms with E-state index in [1.165, 1.54) is 0 Å². The number of ether oxygens (including phenoxy) is 2. The van der Waals surface area contributed by atoms with E-state index in [4.69, 9.17) is 13.9 Å². The first kappa shape index (κ1) is 17.8. The number of esters is 1. The first-order valence-corrected chi connectivity index (χ1v) is 8.85. The van der Waals surface area contributed by atoms with Gasteiger partial charge in [-0.2, -0.15) is 0 Å². The highest BCUT2D eigenvalue weighted by Gasteiger charge is 2.30. The van der Waals surface area contributed by atoms with Gasteiger partial charge in [0.1, 0.15) is 23.0 Å². The highest BCUT2D eigenvalue weighted by atomic mass is 16.5. The third-order valence-corrected chi connectivity index (χ3v) is 4.44. The van der Waals surface area contributed by atoms with Crippen LogP contribution in [0.5, 0.6) is 11.5 Å². The van der Waals surface area contributed by atoms with Crippen molar-refractivity contribution < 1.29 is 23.5 Å². The molecule has 3 aromatic rings. The van der Waals surface area contributed by atoms with Crippen LogP contribution in [-0.4, -0.2) is 11.8 Å². The summed E-state index contributed by atoms with van der Waals surface area (Å²) < 4.78 is 16.7. The van der Waals surface area contributed by atoms with Crippen molar-refractivity contribution in [2.24, 2.45) is 0 Å². The molecule has 28 heavy (non-hydrogen) atoms. The summed E-state index contributed by atoms with van der Waals surface area (Å²) in [5, 5.41) is 0. The first-order chi connectivity index (χ1) is 13.4. The van der Waals surface area contributed by atoms with Gasteiger partial charge in [0.25, 0.3) is 0 Å². The largest absolute Gasteiger partial charge is 0.462 e. The van der Waals surface area contributed by atoms with Gasteiger partial charge >= 0.3 is 5.97 Å². The molecule has 1 aliphatic heterocycles. The normalized spacial score (nSPS) is 14.1. The number of allylic oxidation sites excluding steroid dienone is 1. The average molecular weight is 374 g/mol. The number of hydrogen-bond acceptors (Lipinski definition) is 5. The van der Waals surface area contributed by atoms with Gasteiger partial charge in [0, 0.05) is 12.1 Å². The molecule has 1 aromatic heterocycles. The summed E-state index contributed by atoms with van der Waals surface area (Å²) in [5.74, 6) is 1.47. The number of rotatable bonds is 3. The Kier molecular flexibility index (Phi) is 4.35. The standard InChI is InChI=1S/C23H18O5/c1-13-5-4-6-16(9-13)23(25)27-18-10-14(2)21-19(12-18)28-20(22(21)24)11-17-8-7-15(3)26-17/h4-12H,1-3H3/b20-11-. The molecule has 0 atom stereocenters. The van der Waals surface area contributed by atoms with Gasteiger partial charge in [0.05, 0.1) is 11.1 Å². The number of Topliss-reactive ketones (excluding diaryl/α,β-unsaturated/α-hetero) is 1. The number of fused-ring (bicyclic) bond motifs is 1. The second-order valence-corrected chi connectivity index (χ2v) is 6.76. The molecule has 0 spiro atoms. The molecule has 140 valence electrons. The summed E-state index contributed by atoms with van der Waals surface area (Å²) in [4.78, 5) is 25.1. The lowest BCUT2D eigenvalue weighted by atomic mass is 10.0. The van der Waals surface area contributed by atoms with Crippen LogP contribution in [0.3, 0.4) is 0 Å². The molecular weight excluding hydrogens is 356 g/mol. The number of ketones is 1. The van der Waals surface area contributed by atoms with Crippen LogP contribution in [-0.2, 0) is 0 Å². The van der Waals surface area contributed by atoms with Crippen molar-refractivity contribution in [3.8, 4) is 11.5 Å². The van der Waals surface area contributed by atoms with Crippen molar-refractivity contribution in [1.82, 2.24) is 0 Å². The van der Waals surface area contributed by atoms with E-state index in [9.17, 15) is 9.59 Å². The minimum atomic E-state index is -0.464. The van der Waals surface area contributed by atoms with E-state index in [1.807, 2.05) is 26.0 Å². The number of aryl methyl sites for hydroxylation is 3. The maximum Gasteiger partial charge on any atom is 0.343 e. The molecule has 0 amide bonds. The van der Waals surface area contributed by atoms with Gasteiger partial charge in [-0.25, -0.2) is 4.79 Å². The van der Waals surface area contributed by atoms with Crippen LogP contribution in [0.1, 0.15) is 43.4 Å². The number of furan rings is 1. The molecule has 0 unspecified atom stereocenters. The van der Waals surface area contributed by atoms with Gasteiger partial charge in [0.2, 0.25) is 5.78 Å². The van der Waals surface area contributed by atoms with Crippen molar-refractivity contribution in [1.29, 1.82) is 0 Å². The van der Waals surface area contributed by atoms with Crippen molar-refractivity contribution >= 4 is 17.8 Å². The van der Waals surface area contributed by atoms with Crippen molar-refractivity contribution in [2.45, 2.75) is 20.8 Å². The Hall–Kier alpha value is -3.60. The predicted molar refractivity (Wildman–Crippen MR) is 104 cm³/mol. The minimum Gasteiger partial charge on any atom is -0.462 e. The Morgan fingerprint density at radius 3 is 2.57 bits per heavy atom. The van der Waals surface area contributed by atoms with E-state index >= 15 is 0 Å². The summed E-state index contributed by atoms with van der Waals surface area (Å²) in [5.41, 5.74) is 2.57. The van der Waals surface area contributed by atoms with Crippen molar-refractivity contribution in [3.05, 3.63) is 88.1 Å². The number of benzene rings is 2. The smallest absolute Gasteiger partial charge is 0.343 e. The van der Waals surface area contributed by atoms with E-state index < -0.39 is 5.97 Å². The Morgan fingerprint density at radius 2 is 1.86 bits per heavy atom. The average Bonchev–Trinajstić information content (AvgIpc) is 3.18. The lowest BCUT2D eigenvalue weighted by Crippen LogP contribution is -2.09. The summed E-state index contributed by atoms with van der Waals surface area (Å²) in [6, 6.07) is 14.0. The second-order valence-electron chi connectivity index (χ2n) is 6.76. The van der Waals surface area contributed by atoms with E-state index in [2.05, 4.69) is 0 Å². The molecule has 0 N–H and O–H groups in total. The first-order valence-electron chi connectivity index (χ1n) is 8.85. The highest BCUT2D eigenvalue weighted by molar-refractivity contribution is 6.15. The van der Waals surface area contributed by atoms with Gasteiger partial charge in [-0.3, -0.25) is 4.79 Å². The lowest BCUT2D eigenvalue weighted by molar-refractivity contribution is 0.0734. The SMILES string of the molecule is Cc1cccc(C(=O)Oc2cc(C)c3c(c2)O/C(=C\c2ccc(C)o2)C3=O)c1. The van der Waals surface area contributed by atoms with E-state index in [0.29, 0.717) is 33.9 Å². The monoisotopic (exact) mass is 374 g/mol. The number of carbonyl (C=O) groups is 2. The zero-order chi connectivity index (χ0) is 19.8. The van der Waals surface area contributed by atoms with Gasteiger partial charge in [-0.1, -0.05) is 17.7 Å². The van der Waals surface area contributed by atoms with Crippen LogP contribution in [0.2, 0.25) is 0 Å². The van der Waals surface area contributed by atoms with Gasteiger partial charge in [-0.05, 0) is 56.7 Å². The Labute approximate surface area is 162 Å². The lowest BCUT2D eigenvalue weighted by Gasteiger charge is -2.08. The maximum atomic E-state index is 12.7. The third-order valence-electron chi connectivity index (χ3n) is 4.44. The summed E-state index contributed by atoms with van der Waals surface area (Å²) >= 11 is 0. The van der Waals surface area contributed by atoms with Crippen molar-refractivity contribution in [2.75, 3.05) is 0 Å². The van der Waals surface area contributed by atoms with Gasteiger partial charge < -0.3 is 13.9 Å².